The van der Waals surface area contributed by atoms with E-state index in [1.54, 1.807) is 0 Å². The number of hydrogen-bond donors (Lipinski definition) is 0. The summed E-state index contributed by atoms with van der Waals surface area (Å²) in [4.78, 5) is 24.9. The van der Waals surface area contributed by atoms with Crippen molar-refractivity contribution in [1.29, 1.82) is 0 Å². The molecule has 0 spiro atoms. The maximum atomic E-state index is 12.0. The van der Waals surface area contributed by atoms with Crippen LogP contribution in [0.25, 0.3) is 0 Å². The fourth-order valence-electron chi connectivity index (χ4n) is 2.04. The average molecular weight is 285 g/mol. The number of hydrogen-bond acceptors (Lipinski definition) is 5. The van der Waals surface area contributed by atoms with Crippen molar-refractivity contribution in [2.45, 2.75) is 18.2 Å². The van der Waals surface area contributed by atoms with Crippen LogP contribution in [0.5, 0.6) is 0 Å². The predicted molar refractivity (Wildman–Crippen MR) is 68.3 cm³/mol. The van der Waals surface area contributed by atoms with Crippen molar-refractivity contribution in [3.05, 3.63) is 28.7 Å². The van der Waals surface area contributed by atoms with E-state index < -0.39 is 15.1 Å². The molecule has 0 aliphatic carbocycles. The van der Waals surface area contributed by atoms with Crippen LogP contribution in [-0.4, -0.2) is 53.6 Å². The fourth-order valence-corrected chi connectivity index (χ4v) is 3.02. The number of likely N-dealkylation sites (tertiary alicyclic amines) is 1. The Hall–Kier alpha value is -1.70. The maximum Gasteiger partial charge on any atom is 0.267 e. The van der Waals surface area contributed by atoms with Crippen molar-refractivity contribution < 1.29 is 13.2 Å². The molecule has 1 saturated heterocycles. The van der Waals surface area contributed by atoms with E-state index in [-0.39, 0.29) is 24.6 Å². The standard InChI is InChI=1S/C11H15N3O4S/c1-19(17,18)9-4-6-13(7-9)11(16)8-14-10(15)3-2-5-12-14/h2-3,5,9H,4,6-8H2,1H3. The molecular formula is C11H15N3O4S. The number of amides is 1. The molecule has 1 amide bonds. The molecular weight excluding hydrogens is 270 g/mol. The summed E-state index contributed by atoms with van der Waals surface area (Å²) in [6.07, 6.45) is 3.05. The molecule has 19 heavy (non-hydrogen) atoms. The highest BCUT2D eigenvalue weighted by Crippen LogP contribution is 2.16. The van der Waals surface area contributed by atoms with E-state index >= 15 is 0 Å². The summed E-state index contributed by atoms with van der Waals surface area (Å²) in [6, 6.07) is 2.82. The zero-order valence-corrected chi connectivity index (χ0v) is 11.3. The van der Waals surface area contributed by atoms with Gasteiger partial charge in [-0.1, -0.05) is 0 Å². The molecule has 1 aliphatic heterocycles. The summed E-state index contributed by atoms with van der Waals surface area (Å²) in [6.45, 7) is 0.438. The second kappa shape index (κ2) is 5.12. The molecule has 1 aliphatic rings. The highest BCUT2D eigenvalue weighted by Gasteiger charge is 2.32. The molecule has 0 aromatic carbocycles. The molecule has 104 valence electrons. The summed E-state index contributed by atoms with van der Waals surface area (Å²) >= 11 is 0. The number of carbonyl (C=O) groups is 1. The van der Waals surface area contributed by atoms with Gasteiger partial charge in [0.2, 0.25) is 5.91 Å². The van der Waals surface area contributed by atoms with Gasteiger partial charge in [0.15, 0.2) is 9.84 Å². The molecule has 7 nitrogen and oxygen atoms in total. The second-order valence-corrected chi connectivity index (χ2v) is 6.93. The Balaban J connectivity index is 2.03. The van der Waals surface area contributed by atoms with Crippen LogP contribution in [0, 0.1) is 0 Å². The van der Waals surface area contributed by atoms with Gasteiger partial charge in [0.25, 0.3) is 5.56 Å². The quantitative estimate of drug-likeness (QED) is 0.702. The van der Waals surface area contributed by atoms with E-state index in [0.29, 0.717) is 13.0 Å². The first-order valence-electron chi connectivity index (χ1n) is 5.87. The van der Waals surface area contributed by atoms with Gasteiger partial charge in [-0.3, -0.25) is 9.59 Å². The third-order valence-corrected chi connectivity index (χ3v) is 4.77. The Morgan fingerprint density at radius 3 is 2.84 bits per heavy atom. The zero-order chi connectivity index (χ0) is 14.0. The Morgan fingerprint density at radius 1 is 1.53 bits per heavy atom. The van der Waals surface area contributed by atoms with Crippen molar-refractivity contribution in [2.24, 2.45) is 0 Å². The van der Waals surface area contributed by atoms with E-state index in [1.807, 2.05) is 0 Å². The first kappa shape index (κ1) is 13.7. The molecule has 0 saturated carbocycles. The van der Waals surface area contributed by atoms with Gasteiger partial charge in [-0.2, -0.15) is 5.10 Å². The van der Waals surface area contributed by atoms with Gasteiger partial charge in [0.05, 0.1) is 5.25 Å². The Kier molecular flexibility index (Phi) is 3.70. The van der Waals surface area contributed by atoms with E-state index in [0.717, 1.165) is 4.68 Å². The van der Waals surface area contributed by atoms with Gasteiger partial charge in [0, 0.05) is 31.6 Å². The van der Waals surface area contributed by atoms with E-state index in [4.69, 9.17) is 0 Å². The van der Waals surface area contributed by atoms with Gasteiger partial charge in [-0.25, -0.2) is 13.1 Å². The number of carbonyl (C=O) groups excluding carboxylic acids is 1. The molecule has 0 bridgehead atoms. The van der Waals surface area contributed by atoms with Gasteiger partial charge in [0.1, 0.15) is 6.54 Å². The van der Waals surface area contributed by atoms with Crippen LogP contribution in [0.4, 0.5) is 0 Å². The number of sulfone groups is 1. The first-order valence-corrected chi connectivity index (χ1v) is 7.82. The smallest absolute Gasteiger partial charge is 0.267 e. The molecule has 0 radical (unpaired) electrons. The third kappa shape index (κ3) is 3.19. The Morgan fingerprint density at radius 2 is 2.26 bits per heavy atom. The van der Waals surface area contributed by atoms with Crippen molar-refractivity contribution in [1.82, 2.24) is 14.7 Å². The molecule has 8 heteroatoms. The van der Waals surface area contributed by atoms with Gasteiger partial charge in [-0.15, -0.1) is 0 Å². The SMILES string of the molecule is CS(=O)(=O)C1CCN(C(=O)Cn2ncccc2=O)C1. The van der Waals surface area contributed by atoms with Crippen LogP contribution in [0.15, 0.2) is 23.1 Å². The predicted octanol–water partition coefficient (Wildman–Crippen LogP) is -1.11. The molecule has 1 atom stereocenters. The monoisotopic (exact) mass is 285 g/mol. The molecule has 1 fully saturated rings. The Bertz CT molecular complexity index is 637. The molecule has 1 aromatic rings. The Labute approximate surface area is 110 Å². The van der Waals surface area contributed by atoms with Crippen LogP contribution in [-0.2, 0) is 21.2 Å². The van der Waals surface area contributed by atoms with E-state index in [9.17, 15) is 18.0 Å². The summed E-state index contributed by atoms with van der Waals surface area (Å²) in [7, 11) is -3.13. The minimum Gasteiger partial charge on any atom is -0.340 e. The topological polar surface area (TPSA) is 89.3 Å². The van der Waals surface area contributed by atoms with Crippen LogP contribution in [0.1, 0.15) is 6.42 Å². The average Bonchev–Trinajstić information content (AvgIpc) is 2.81. The summed E-state index contributed by atoms with van der Waals surface area (Å²) in [5, 5.41) is 3.29. The molecule has 2 heterocycles. The van der Waals surface area contributed by atoms with Crippen molar-refractivity contribution in [3.63, 3.8) is 0 Å². The fraction of sp³-hybridized carbons (Fsp3) is 0.545. The highest BCUT2D eigenvalue weighted by atomic mass is 32.2. The van der Waals surface area contributed by atoms with Gasteiger partial charge >= 0.3 is 0 Å². The number of nitrogens with zero attached hydrogens (tertiary/aromatic N) is 3. The summed E-state index contributed by atoms with van der Waals surface area (Å²) in [5.41, 5.74) is -0.352. The number of rotatable bonds is 3. The van der Waals surface area contributed by atoms with E-state index in [1.165, 1.54) is 29.5 Å². The van der Waals surface area contributed by atoms with E-state index in [2.05, 4.69) is 5.10 Å². The highest BCUT2D eigenvalue weighted by molar-refractivity contribution is 7.91. The van der Waals surface area contributed by atoms with Crippen LogP contribution < -0.4 is 5.56 Å². The lowest BCUT2D eigenvalue weighted by atomic mass is 10.4. The third-order valence-electron chi connectivity index (χ3n) is 3.17. The second-order valence-electron chi connectivity index (χ2n) is 4.60. The number of aromatic nitrogens is 2. The minimum absolute atomic E-state index is 0.157. The molecule has 1 unspecified atom stereocenters. The molecule has 1 aromatic heterocycles. The normalized spacial score (nSPS) is 19.6. The zero-order valence-electron chi connectivity index (χ0n) is 10.5. The lowest BCUT2D eigenvalue weighted by molar-refractivity contribution is -0.131. The first-order chi connectivity index (χ1) is 8.88. The minimum atomic E-state index is -3.13. The van der Waals surface area contributed by atoms with Crippen molar-refractivity contribution >= 4 is 15.7 Å². The van der Waals surface area contributed by atoms with Crippen molar-refractivity contribution in [2.75, 3.05) is 19.3 Å². The van der Waals surface area contributed by atoms with Gasteiger partial charge < -0.3 is 4.90 Å². The van der Waals surface area contributed by atoms with Gasteiger partial charge in [-0.05, 0) is 12.5 Å². The summed E-state index contributed by atoms with van der Waals surface area (Å²) < 4.78 is 23.9. The summed E-state index contributed by atoms with van der Waals surface area (Å²) in [5.74, 6) is -0.285. The van der Waals surface area contributed by atoms with Crippen LogP contribution in [0.3, 0.4) is 0 Å². The maximum absolute atomic E-state index is 12.0. The lowest BCUT2D eigenvalue weighted by Crippen LogP contribution is -2.37. The van der Waals surface area contributed by atoms with Crippen molar-refractivity contribution in [3.8, 4) is 0 Å². The largest absolute Gasteiger partial charge is 0.340 e. The lowest BCUT2D eigenvalue weighted by Gasteiger charge is -2.16. The van der Waals surface area contributed by atoms with Crippen LogP contribution in [0.2, 0.25) is 0 Å². The molecule has 2 rings (SSSR count). The van der Waals surface area contributed by atoms with Crippen LogP contribution >= 0.6 is 0 Å². The molecule has 0 N–H and O–H groups in total.